The third-order valence-electron chi connectivity index (χ3n) is 3.82. The Bertz CT molecular complexity index is 406. The van der Waals surface area contributed by atoms with Crippen LogP contribution in [0.4, 0.5) is 0 Å². The van der Waals surface area contributed by atoms with E-state index in [0.717, 1.165) is 38.0 Å². The first kappa shape index (κ1) is 15.3. The van der Waals surface area contributed by atoms with Crippen LogP contribution >= 0.6 is 0 Å². The highest BCUT2D eigenvalue weighted by Gasteiger charge is 2.23. The molecule has 2 atom stereocenters. The van der Waals surface area contributed by atoms with Crippen molar-refractivity contribution in [3.05, 3.63) is 29.8 Å². The summed E-state index contributed by atoms with van der Waals surface area (Å²) in [5.41, 5.74) is 1.22. The molecule has 2 rings (SSSR count). The molecule has 3 heteroatoms. The molecule has 1 aromatic carbocycles. The Hall–Kier alpha value is -1.06. The Morgan fingerprint density at radius 1 is 1.25 bits per heavy atom. The smallest absolute Gasteiger partial charge is 0.124 e. The number of aliphatic hydroxyl groups is 1. The molecule has 0 bridgehead atoms. The molecule has 0 amide bonds. The molecule has 3 nitrogen and oxygen atoms in total. The first-order valence-corrected chi connectivity index (χ1v) is 7.82. The second-order valence-corrected chi connectivity index (χ2v) is 6.04. The predicted octanol–water partition coefficient (Wildman–Crippen LogP) is 3.26. The molecule has 1 aromatic rings. The number of nitrogens with one attached hydrogen (secondary N) is 1. The van der Waals surface area contributed by atoms with E-state index in [9.17, 15) is 5.11 Å². The van der Waals surface area contributed by atoms with Crippen molar-refractivity contribution in [2.24, 2.45) is 0 Å². The van der Waals surface area contributed by atoms with Gasteiger partial charge in [-0.05, 0) is 37.0 Å². The standard InChI is InChI=1S/C17H27NO2/c1-13(2)18-12-14-7-6-8-15(11-14)20-17-10-5-3-4-9-16(17)19/h6-8,11,13,16-19H,3-5,9-10,12H2,1-2H3. The Kier molecular flexibility index (Phi) is 5.86. The first-order valence-electron chi connectivity index (χ1n) is 7.82. The van der Waals surface area contributed by atoms with Crippen LogP contribution in [0.25, 0.3) is 0 Å². The lowest BCUT2D eigenvalue weighted by atomic mass is 10.1. The lowest BCUT2D eigenvalue weighted by molar-refractivity contribution is 0.0319. The molecule has 2 unspecified atom stereocenters. The summed E-state index contributed by atoms with van der Waals surface area (Å²) in [5, 5.41) is 13.5. The maximum atomic E-state index is 10.1. The van der Waals surface area contributed by atoms with Gasteiger partial charge in [-0.2, -0.15) is 0 Å². The van der Waals surface area contributed by atoms with Gasteiger partial charge in [-0.3, -0.25) is 0 Å². The summed E-state index contributed by atoms with van der Waals surface area (Å²) < 4.78 is 6.02. The summed E-state index contributed by atoms with van der Waals surface area (Å²) in [5.74, 6) is 0.874. The molecule has 0 spiro atoms. The average Bonchev–Trinajstić information content (AvgIpc) is 2.62. The van der Waals surface area contributed by atoms with E-state index >= 15 is 0 Å². The van der Waals surface area contributed by atoms with Crippen molar-refractivity contribution in [1.82, 2.24) is 5.32 Å². The van der Waals surface area contributed by atoms with Gasteiger partial charge in [-0.15, -0.1) is 0 Å². The third kappa shape index (κ3) is 4.80. The average molecular weight is 277 g/mol. The van der Waals surface area contributed by atoms with Crippen LogP contribution in [-0.2, 0) is 6.54 Å². The van der Waals surface area contributed by atoms with Crippen LogP contribution in [-0.4, -0.2) is 23.4 Å². The fourth-order valence-electron chi connectivity index (χ4n) is 2.62. The van der Waals surface area contributed by atoms with Crippen LogP contribution in [0.3, 0.4) is 0 Å². The van der Waals surface area contributed by atoms with Crippen LogP contribution in [0.15, 0.2) is 24.3 Å². The summed E-state index contributed by atoms with van der Waals surface area (Å²) in [6, 6.07) is 8.66. The minimum absolute atomic E-state index is 0.0502. The Balaban J connectivity index is 1.95. The van der Waals surface area contributed by atoms with Crippen molar-refractivity contribution in [1.29, 1.82) is 0 Å². The minimum Gasteiger partial charge on any atom is -0.488 e. The van der Waals surface area contributed by atoms with Crippen LogP contribution in [0, 0.1) is 0 Å². The van der Waals surface area contributed by atoms with Gasteiger partial charge in [-0.1, -0.05) is 38.8 Å². The summed E-state index contributed by atoms with van der Waals surface area (Å²) in [6.45, 7) is 5.13. The van der Waals surface area contributed by atoms with Gasteiger partial charge in [0.15, 0.2) is 0 Å². The molecule has 0 heterocycles. The second kappa shape index (κ2) is 7.65. The lowest BCUT2D eigenvalue weighted by Gasteiger charge is -2.22. The number of hydrogen-bond donors (Lipinski definition) is 2. The highest BCUT2D eigenvalue weighted by molar-refractivity contribution is 5.28. The van der Waals surface area contributed by atoms with Gasteiger partial charge in [0, 0.05) is 12.6 Å². The van der Waals surface area contributed by atoms with Crippen molar-refractivity contribution in [3.63, 3.8) is 0 Å². The summed E-state index contributed by atoms with van der Waals surface area (Å²) >= 11 is 0. The lowest BCUT2D eigenvalue weighted by Crippen LogP contribution is -2.30. The zero-order valence-electron chi connectivity index (χ0n) is 12.6. The topological polar surface area (TPSA) is 41.5 Å². The number of ether oxygens (including phenoxy) is 1. The van der Waals surface area contributed by atoms with E-state index in [-0.39, 0.29) is 12.2 Å². The molecule has 112 valence electrons. The highest BCUT2D eigenvalue weighted by atomic mass is 16.5. The van der Waals surface area contributed by atoms with E-state index in [4.69, 9.17) is 4.74 Å². The van der Waals surface area contributed by atoms with Gasteiger partial charge < -0.3 is 15.2 Å². The third-order valence-corrected chi connectivity index (χ3v) is 3.82. The van der Waals surface area contributed by atoms with Crippen LogP contribution < -0.4 is 10.1 Å². The van der Waals surface area contributed by atoms with Crippen molar-refractivity contribution in [2.45, 2.75) is 70.7 Å². The van der Waals surface area contributed by atoms with E-state index in [0.29, 0.717) is 6.04 Å². The Morgan fingerprint density at radius 3 is 2.85 bits per heavy atom. The first-order chi connectivity index (χ1) is 9.65. The quantitative estimate of drug-likeness (QED) is 0.812. The van der Waals surface area contributed by atoms with E-state index in [2.05, 4.69) is 31.3 Å². The summed E-state index contributed by atoms with van der Waals surface area (Å²) in [6.07, 6.45) is 4.90. The molecule has 1 aliphatic carbocycles. The van der Waals surface area contributed by atoms with Gasteiger partial charge in [0.2, 0.25) is 0 Å². The fourth-order valence-corrected chi connectivity index (χ4v) is 2.62. The second-order valence-electron chi connectivity index (χ2n) is 6.04. The largest absolute Gasteiger partial charge is 0.488 e. The molecule has 1 fully saturated rings. The van der Waals surface area contributed by atoms with Gasteiger partial charge in [-0.25, -0.2) is 0 Å². The van der Waals surface area contributed by atoms with Gasteiger partial charge in [0.05, 0.1) is 6.10 Å². The summed E-state index contributed by atoms with van der Waals surface area (Å²) in [4.78, 5) is 0. The number of benzene rings is 1. The number of hydrogen-bond acceptors (Lipinski definition) is 3. The molecule has 0 aromatic heterocycles. The Morgan fingerprint density at radius 2 is 2.05 bits per heavy atom. The minimum atomic E-state index is -0.324. The van der Waals surface area contributed by atoms with Crippen LogP contribution in [0.1, 0.15) is 51.5 Å². The zero-order chi connectivity index (χ0) is 14.4. The number of rotatable bonds is 5. The van der Waals surface area contributed by atoms with Crippen LogP contribution in [0.2, 0.25) is 0 Å². The van der Waals surface area contributed by atoms with Gasteiger partial charge in [0.25, 0.3) is 0 Å². The molecule has 0 aliphatic heterocycles. The van der Waals surface area contributed by atoms with E-state index in [1.165, 1.54) is 12.0 Å². The molecule has 1 aliphatic rings. The molecule has 2 N–H and O–H groups in total. The number of aliphatic hydroxyl groups excluding tert-OH is 1. The molecular weight excluding hydrogens is 250 g/mol. The van der Waals surface area contributed by atoms with Crippen molar-refractivity contribution >= 4 is 0 Å². The van der Waals surface area contributed by atoms with Crippen molar-refractivity contribution < 1.29 is 9.84 Å². The van der Waals surface area contributed by atoms with Crippen LogP contribution in [0.5, 0.6) is 5.75 Å². The van der Waals surface area contributed by atoms with Gasteiger partial charge in [0.1, 0.15) is 11.9 Å². The predicted molar refractivity (Wildman–Crippen MR) is 81.9 cm³/mol. The van der Waals surface area contributed by atoms with E-state index in [1.807, 2.05) is 12.1 Å². The van der Waals surface area contributed by atoms with Gasteiger partial charge >= 0.3 is 0 Å². The molecule has 1 saturated carbocycles. The highest BCUT2D eigenvalue weighted by Crippen LogP contribution is 2.24. The van der Waals surface area contributed by atoms with Crippen molar-refractivity contribution in [3.8, 4) is 5.75 Å². The normalized spacial score (nSPS) is 23.6. The maximum absolute atomic E-state index is 10.1. The van der Waals surface area contributed by atoms with E-state index < -0.39 is 0 Å². The molecular formula is C17H27NO2. The molecule has 0 saturated heterocycles. The fraction of sp³-hybridized carbons (Fsp3) is 0.647. The van der Waals surface area contributed by atoms with Crippen molar-refractivity contribution in [2.75, 3.05) is 0 Å². The zero-order valence-corrected chi connectivity index (χ0v) is 12.6. The molecule has 20 heavy (non-hydrogen) atoms. The Labute approximate surface area is 122 Å². The monoisotopic (exact) mass is 277 g/mol. The van der Waals surface area contributed by atoms with E-state index in [1.54, 1.807) is 0 Å². The SMILES string of the molecule is CC(C)NCc1cccc(OC2CCCCCC2O)c1. The molecule has 0 radical (unpaired) electrons. The maximum Gasteiger partial charge on any atom is 0.124 e. The summed E-state index contributed by atoms with van der Waals surface area (Å²) in [7, 11) is 0.